The predicted molar refractivity (Wildman–Crippen MR) is 112 cm³/mol. The van der Waals surface area contributed by atoms with Crippen LogP contribution < -0.4 is 4.90 Å². The van der Waals surface area contributed by atoms with Gasteiger partial charge >= 0.3 is 5.97 Å². The Morgan fingerprint density at radius 1 is 1.07 bits per heavy atom. The molecule has 0 bridgehead atoms. The van der Waals surface area contributed by atoms with Crippen molar-refractivity contribution < 1.29 is 14.3 Å². The van der Waals surface area contributed by atoms with Crippen molar-refractivity contribution in [3.8, 4) is 0 Å². The lowest BCUT2D eigenvalue weighted by atomic mass is 9.73. The number of carbonyl (C=O) groups is 2. The Hall–Kier alpha value is -2.88. The van der Waals surface area contributed by atoms with Crippen LogP contribution in [0.1, 0.15) is 36.0 Å². The SMILES string of the molecule is CCOC(=O)[C@H]1C(=O)C=C(c2ccc(N(C)C)cc2)C[C@@H]1c1ccc(C)cc1. The molecule has 0 radical (unpaired) electrons. The summed E-state index contributed by atoms with van der Waals surface area (Å²) in [7, 11) is 3.99. The van der Waals surface area contributed by atoms with Crippen LogP contribution in [-0.2, 0) is 14.3 Å². The summed E-state index contributed by atoms with van der Waals surface area (Å²) in [5, 5.41) is 0. The minimum Gasteiger partial charge on any atom is -0.465 e. The number of rotatable bonds is 5. The average molecular weight is 377 g/mol. The van der Waals surface area contributed by atoms with Crippen LogP contribution in [0.2, 0.25) is 0 Å². The molecule has 28 heavy (non-hydrogen) atoms. The van der Waals surface area contributed by atoms with E-state index in [2.05, 4.69) is 0 Å². The quantitative estimate of drug-likeness (QED) is 0.573. The van der Waals surface area contributed by atoms with Crippen LogP contribution in [-0.4, -0.2) is 32.5 Å². The molecule has 0 unspecified atom stereocenters. The average Bonchev–Trinajstić information content (AvgIpc) is 2.68. The molecule has 4 nitrogen and oxygen atoms in total. The minimum absolute atomic E-state index is 0.179. The molecule has 2 aromatic rings. The molecule has 0 saturated carbocycles. The van der Waals surface area contributed by atoms with Gasteiger partial charge in [-0.3, -0.25) is 9.59 Å². The van der Waals surface area contributed by atoms with Gasteiger partial charge in [-0.25, -0.2) is 0 Å². The van der Waals surface area contributed by atoms with Crippen molar-refractivity contribution in [3.05, 3.63) is 71.3 Å². The van der Waals surface area contributed by atoms with Crippen molar-refractivity contribution in [1.29, 1.82) is 0 Å². The first-order valence-electron chi connectivity index (χ1n) is 9.66. The predicted octanol–water partition coefficient (Wildman–Crippen LogP) is 4.38. The highest BCUT2D eigenvalue weighted by Gasteiger charge is 2.39. The van der Waals surface area contributed by atoms with E-state index in [0.29, 0.717) is 6.42 Å². The van der Waals surface area contributed by atoms with Crippen molar-refractivity contribution in [2.24, 2.45) is 5.92 Å². The van der Waals surface area contributed by atoms with E-state index < -0.39 is 11.9 Å². The number of hydrogen-bond donors (Lipinski definition) is 0. The van der Waals surface area contributed by atoms with Gasteiger partial charge in [-0.15, -0.1) is 0 Å². The fourth-order valence-electron chi connectivity index (χ4n) is 3.68. The number of ether oxygens (including phenoxy) is 1. The summed E-state index contributed by atoms with van der Waals surface area (Å²) in [6.07, 6.45) is 2.25. The molecule has 0 aromatic heterocycles. The van der Waals surface area contributed by atoms with E-state index >= 15 is 0 Å². The topological polar surface area (TPSA) is 46.6 Å². The smallest absolute Gasteiger partial charge is 0.317 e. The molecule has 3 rings (SSSR count). The van der Waals surface area contributed by atoms with Crippen LogP contribution >= 0.6 is 0 Å². The summed E-state index contributed by atoms with van der Waals surface area (Å²) in [6.45, 7) is 4.06. The van der Waals surface area contributed by atoms with Crippen LogP contribution in [0.4, 0.5) is 5.69 Å². The molecule has 0 amide bonds. The maximum absolute atomic E-state index is 12.9. The van der Waals surface area contributed by atoms with Crippen LogP contribution in [0.15, 0.2) is 54.6 Å². The van der Waals surface area contributed by atoms with Crippen LogP contribution in [0.5, 0.6) is 0 Å². The fourth-order valence-corrected chi connectivity index (χ4v) is 3.68. The van der Waals surface area contributed by atoms with Crippen LogP contribution in [0, 0.1) is 12.8 Å². The molecule has 2 atom stereocenters. The Balaban J connectivity index is 1.98. The number of esters is 1. The van der Waals surface area contributed by atoms with Gasteiger partial charge in [-0.2, -0.15) is 0 Å². The number of anilines is 1. The number of aryl methyl sites for hydroxylation is 1. The number of nitrogens with zero attached hydrogens (tertiary/aromatic N) is 1. The first-order chi connectivity index (χ1) is 13.4. The number of ketones is 1. The zero-order valence-electron chi connectivity index (χ0n) is 16.9. The van der Waals surface area contributed by atoms with E-state index in [1.165, 1.54) is 0 Å². The number of allylic oxidation sites excluding steroid dienone is 2. The third-order valence-electron chi connectivity index (χ3n) is 5.27. The third kappa shape index (κ3) is 4.16. The molecule has 0 spiro atoms. The molecule has 0 aliphatic heterocycles. The van der Waals surface area contributed by atoms with Gasteiger partial charge in [0.25, 0.3) is 0 Å². The van der Waals surface area contributed by atoms with Gasteiger partial charge in [0.2, 0.25) is 0 Å². The Morgan fingerprint density at radius 3 is 2.29 bits per heavy atom. The van der Waals surface area contributed by atoms with Gasteiger partial charge in [0, 0.05) is 25.7 Å². The summed E-state index contributed by atoms with van der Waals surface area (Å²) in [4.78, 5) is 27.5. The second-order valence-electron chi connectivity index (χ2n) is 7.46. The van der Waals surface area contributed by atoms with Crippen molar-refractivity contribution in [1.82, 2.24) is 0 Å². The summed E-state index contributed by atoms with van der Waals surface area (Å²) < 4.78 is 5.22. The van der Waals surface area contributed by atoms with Crippen LogP contribution in [0.3, 0.4) is 0 Å². The number of hydrogen-bond acceptors (Lipinski definition) is 4. The molecule has 4 heteroatoms. The largest absolute Gasteiger partial charge is 0.465 e. The maximum atomic E-state index is 12.9. The summed E-state index contributed by atoms with van der Waals surface area (Å²) in [5.41, 5.74) is 5.21. The lowest BCUT2D eigenvalue weighted by molar-refractivity contribution is -0.151. The second-order valence-corrected chi connectivity index (χ2v) is 7.46. The highest BCUT2D eigenvalue weighted by atomic mass is 16.5. The molecular weight excluding hydrogens is 350 g/mol. The zero-order chi connectivity index (χ0) is 20.3. The molecule has 0 saturated heterocycles. The molecule has 1 aliphatic carbocycles. The van der Waals surface area contributed by atoms with Crippen LogP contribution in [0.25, 0.3) is 5.57 Å². The fraction of sp³-hybridized carbons (Fsp3) is 0.333. The van der Waals surface area contributed by atoms with Crippen molar-refractivity contribution in [3.63, 3.8) is 0 Å². The maximum Gasteiger partial charge on any atom is 0.317 e. The monoisotopic (exact) mass is 377 g/mol. The third-order valence-corrected chi connectivity index (χ3v) is 5.27. The van der Waals surface area contributed by atoms with Gasteiger partial charge in [0.15, 0.2) is 5.78 Å². The Labute approximate surface area is 166 Å². The highest BCUT2D eigenvalue weighted by molar-refractivity contribution is 6.10. The number of carbonyl (C=O) groups excluding carboxylic acids is 2. The number of benzene rings is 2. The second kappa shape index (κ2) is 8.42. The Morgan fingerprint density at radius 2 is 1.71 bits per heavy atom. The first-order valence-corrected chi connectivity index (χ1v) is 9.66. The lowest BCUT2D eigenvalue weighted by Gasteiger charge is -2.29. The van der Waals surface area contributed by atoms with E-state index in [0.717, 1.165) is 28.0 Å². The van der Waals surface area contributed by atoms with Gasteiger partial charge in [-0.1, -0.05) is 42.0 Å². The highest BCUT2D eigenvalue weighted by Crippen LogP contribution is 2.40. The molecule has 0 N–H and O–H groups in total. The minimum atomic E-state index is -0.785. The summed E-state index contributed by atoms with van der Waals surface area (Å²) in [5.74, 6) is -1.62. The normalized spacial score (nSPS) is 19.1. The van der Waals surface area contributed by atoms with E-state index in [-0.39, 0.29) is 18.3 Å². The zero-order valence-corrected chi connectivity index (χ0v) is 16.9. The standard InChI is InChI=1S/C24H27NO3/c1-5-28-24(27)23-21(18-8-6-16(2)7-9-18)14-19(15-22(23)26)17-10-12-20(13-11-17)25(3)4/h6-13,15,21,23H,5,14H2,1-4H3/t21-,23-/m1/s1. The first kappa shape index (κ1) is 19.9. The van der Waals surface area contributed by atoms with E-state index in [1.807, 2.05) is 74.4 Å². The molecular formula is C24H27NO3. The van der Waals surface area contributed by atoms with Gasteiger partial charge < -0.3 is 9.64 Å². The van der Waals surface area contributed by atoms with E-state index in [1.54, 1.807) is 13.0 Å². The van der Waals surface area contributed by atoms with Crippen molar-refractivity contribution in [2.75, 3.05) is 25.6 Å². The van der Waals surface area contributed by atoms with E-state index in [9.17, 15) is 9.59 Å². The molecule has 1 aliphatic rings. The molecule has 0 heterocycles. The van der Waals surface area contributed by atoms with E-state index in [4.69, 9.17) is 4.74 Å². The van der Waals surface area contributed by atoms with Crippen molar-refractivity contribution >= 4 is 23.0 Å². The van der Waals surface area contributed by atoms with Crippen molar-refractivity contribution in [2.45, 2.75) is 26.2 Å². The molecule has 0 fully saturated rings. The van der Waals surface area contributed by atoms with Gasteiger partial charge in [0.05, 0.1) is 6.61 Å². The molecule has 2 aromatic carbocycles. The molecule has 146 valence electrons. The summed E-state index contributed by atoms with van der Waals surface area (Å²) >= 11 is 0. The van der Waals surface area contributed by atoms with Gasteiger partial charge in [-0.05, 0) is 55.2 Å². The Kier molecular flexibility index (Phi) is 5.98. The lowest BCUT2D eigenvalue weighted by Crippen LogP contribution is -2.34. The van der Waals surface area contributed by atoms with Gasteiger partial charge in [0.1, 0.15) is 5.92 Å². The Bertz CT molecular complexity index is 879. The summed E-state index contributed by atoms with van der Waals surface area (Å²) in [6, 6.07) is 16.2.